The third-order valence-electron chi connectivity index (χ3n) is 6.36. The first kappa shape index (κ1) is 24.0. The third-order valence-corrected chi connectivity index (χ3v) is 8.19. The van der Waals surface area contributed by atoms with Crippen molar-refractivity contribution in [3.05, 3.63) is 76.2 Å². The van der Waals surface area contributed by atoms with E-state index in [2.05, 4.69) is 5.32 Å². The van der Waals surface area contributed by atoms with Crippen LogP contribution < -0.4 is 10.9 Å². The molecule has 9 heteroatoms. The van der Waals surface area contributed by atoms with Crippen LogP contribution in [0.4, 0.5) is 5.69 Å². The fourth-order valence-electron chi connectivity index (χ4n) is 4.65. The summed E-state index contributed by atoms with van der Waals surface area (Å²) in [6, 6.07) is 15.1. The van der Waals surface area contributed by atoms with Gasteiger partial charge in [-0.25, -0.2) is 13.1 Å². The van der Waals surface area contributed by atoms with E-state index in [-0.39, 0.29) is 33.5 Å². The largest absolute Gasteiger partial charge is 0.316 e. The molecular formula is C25H30N4O4S. The molecule has 1 aromatic heterocycles. The molecule has 3 aromatic rings. The minimum Gasteiger partial charge on any atom is -0.316 e. The number of rotatable bonds is 5. The molecule has 1 amide bonds. The van der Waals surface area contributed by atoms with Gasteiger partial charge in [-0.05, 0) is 55.5 Å². The molecule has 0 bridgehead atoms. The number of hydrogen-bond donors (Lipinski definition) is 1. The quantitative estimate of drug-likeness (QED) is 0.603. The molecule has 8 nitrogen and oxygen atoms in total. The number of nitrogens with zero attached hydrogens (tertiary/aromatic N) is 3. The van der Waals surface area contributed by atoms with Crippen LogP contribution in [0.3, 0.4) is 0 Å². The van der Waals surface area contributed by atoms with Crippen LogP contribution in [0.25, 0.3) is 5.69 Å². The van der Waals surface area contributed by atoms with Crippen molar-refractivity contribution in [2.75, 3.05) is 18.4 Å². The summed E-state index contributed by atoms with van der Waals surface area (Å²) in [6.45, 7) is 6.77. The number of anilines is 1. The summed E-state index contributed by atoms with van der Waals surface area (Å²) in [5.41, 5.74) is 1.23. The molecule has 2 heterocycles. The van der Waals surface area contributed by atoms with Crippen LogP contribution in [-0.2, 0) is 17.1 Å². The lowest BCUT2D eigenvalue weighted by molar-refractivity contribution is 0.102. The Kier molecular flexibility index (Phi) is 6.51. The van der Waals surface area contributed by atoms with Gasteiger partial charge in [0.05, 0.1) is 16.3 Å². The summed E-state index contributed by atoms with van der Waals surface area (Å²) in [6.07, 6.45) is 0.991. The normalized spacial score (nSPS) is 19.2. The number of carbonyl (C=O) groups excluding carboxylic acids is 1. The molecule has 4 rings (SSSR count). The zero-order valence-corrected chi connectivity index (χ0v) is 20.7. The first-order valence-electron chi connectivity index (χ1n) is 11.3. The zero-order valence-electron chi connectivity index (χ0n) is 19.9. The van der Waals surface area contributed by atoms with Crippen LogP contribution in [0.5, 0.6) is 0 Å². The molecule has 180 valence electrons. The Bertz CT molecular complexity index is 1370. The highest BCUT2D eigenvalue weighted by atomic mass is 32.2. The number of nitrogens with one attached hydrogen (secondary N) is 1. The van der Waals surface area contributed by atoms with E-state index in [0.717, 1.165) is 6.42 Å². The van der Waals surface area contributed by atoms with Gasteiger partial charge in [-0.2, -0.15) is 4.31 Å². The maximum absolute atomic E-state index is 13.3. The number of hydrogen-bond acceptors (Lipinski definition) is 4. The summed E-state index contributed by atoms with van der Waals surface area (Å²) < 4.78 is 31.2. The Morgan fingerprint density at radius 2 is 1.65 bits per heavy atom. The van der Waals surface area contributed by atoms with Gasteiger partial charge >= 0.3 is 0 Å². The topological polar surface area (TPSA) is 93.4 Å². The van der Waals surface area contributed by atoms with Gasteiger partial charge in [0, 0.05) is 25.7 Å². The standard InChI is InChI=1S/C25H30N4O4S/c1-17-13-18(2)16-28(15-17)34(32,33)22-12-8-9-20(14-22)24(30)26-23-19(3)27(4)29(25(23)31)21-10-6-5-7-11-21/h5-12,14,17-18H,13,15-16H2,1-4H3,(H,26,30). The molecule has 1 aliphatic heterocycles. The second-order valence-corrected chi connectivity index (χ2v) is 11.1. The number of amides is 1. The van der Waals surface area contributed by atoms with Crippen molar-refractivity contribution in [1.82, 2.24) is 13.7 Å². The highest BCUT2D eigenvalue weighted by molar-refractivity contribution is 7.89. The molecular weight excluding hydrogens is 452 g/mol. The van der Waals surface area contributed by atoms with E-state index in [4.69, 9.17) is 0 Å². The molecule has 34 heavy (non-hydrogen) atoms. The second-order valence-electron chi connectivity index (χ2n) is 9.19. The van der Waals surface area contributed by atoms with Crippen LogP contribution in [-0.4, -0.2) is 41.1 Å². The van der Waals surface area contributed by atoms with E-state index >= 15 is 0 Å². The van der Waals surface area contributed by atoms with Crippen LogP contribution in [0.1, 0.15) is 36.3 Å². The van der Waals surface area contributed by atoms with E-state index in [1.54, 1.807) is 30.8 Å². The molecule has 1 saturated heterocycles. The van der Waals surface area contributed by atoms with Crippen molar-refractivity contribution in [3.8, 4) is 5.69 Å². The summed E-state index contributed by atoms with van der Waals surface area (Å²) in [5.74, 6) is 0.0131. The molecule has 2 atom stereocenters. The minimum atomic E-state index is -3.73. The minimum absolute atomic E-state index is 0.0768. The maximum atomic E-state index is 13.3. The Hall–Kier alpha value is -3.17. The molecule has 2 aromatic carbocycles. The van der Waals surface area contributed by atoms with E-state index in [0.29, 0.717) is 24.5 Å². The number of benzene rings is 2. The zero-order chi connectivity index (χ0) is 24.6. The molecule has 1 N–H and O–H groups in total. The van der Waals surface area contributed by atoms with Crippen LogP contribution in [0, 0.1) is 18.8 Å². The van der Waals surface area contributed by atoms with Crippen LogP contribution >= 0.6 is 0 Å². The van der Waals surface area contributed by atoms with E-state index < -0.39 is 15.9 Å². The first-order chi connectivity index (χ1) is 16.1. The predicted octanol–water partition coefficient (Wildman–Crippen LogP) is 3.40. The fraction of sp³-hybridized carbons (Fsp3) is 0.360. The van der Waals surface area contributed by atoms with Crippen molar-refractivity contribution >= 4 is 21.6 Å². The van der Waals surface area contributed by atoms with E-state index in [1.807, 2.05) is 44.2 Å². The van der Waals surface area contributed by atoms with Gasteiger partial charge in [0.2, 0.25) is 10.0 Å². The predicted molar refractivity (Wildman–Crippen MR) is 132 cm³/mol. The molecule has 0 radical (unpaired) electrons. The molecule has 0 aliphatic carbocycles. The number of para-hydroxylation sites is 1. The fourth-order valence-corrected chi connectivity index (χ4v) is 6.37. The highest BCUT2D eigenvalue weighted by Crippen LogP contribution is 2.27. The Morgan fingerprint density at radius 1 is 1.00 bits per heavy atom. The van der Waals surface area contributed by atoms with E-state index in [9.17, 15) is 18.0 Å². The van der Waals surface area contributed by atoms with E-state index in [1.165, 1.54) is 21.1 Å². The summed E-state index contributed by atoms with van der Waals surface area (Å²) in [5, 5.41) is 2.70. The van der Waals surface area contributed by atoms with Crippen LogP contribution in [0.2, 0.25) is 0 Å². The number of sulfonamides is 1. The Balaban J connectivity index is 1.63. The van der Waals surface area contributed by atoms with Crippen molar-refractivity contribution in [2.45, 2.75) is 32.1 Å². The van der Waals surface area contributed by atoms with Crippen molar-refractivity contribution in [1.29, 1.82) is 0 Å². The first-order valence-corrected chi connectivity index (χ1v) is 12.8. The molecule has 0 saturated carbocycles. The van der Waals surface area contributed by atoms with Gasteiger partial charge in [0.15, 0.2) is 0 Å². The SMILES string of the molecule is Cc1c(NC(=O)c2cccc(S(=O)(=O)N3CC(C)CC(C)C3)c2)c(=O)n(-c2ccccc2)n1C. The van der Waals surface area contributed by atoms with Gasteiger partial charge in [-0.1, -0.05) is 38.1 Å². The average molecular weight is 483 g/mol. The number of aromatic nitrogens is 2. The Labute approximate surface area is 199 Å². The lowest BCUT2D eigenvalue weighted by Crippen LogP contribution is -2.42. The highest BCUT2D eigenvalue weighted by Gasteiger charge is 2.32. The summed E-state index contributed by atoms with van der Waals surface area (Å²) in [7, 11) is -1.99. The van der Waals surface area contributed by atoms with Gasteiger partial charge in [0.25, 0.3) is 11.5 Å². The maximum Gasteiger partial charge on any atom is 0.295 e. The van der Waals surface area contributed by atoms with Crippen LogP contribution in [0.15, 0.2) is 64.3 Å². The molecule has 2 unspecified atom stereocenters. The average Bonchev–Trinajstić information content (AvgIpc) is 3.02. The molecule has 0 spiro atoms. The smallest absolute Gasteiger partial charge is 0.295 e. The lowest BCUT2D eigenvalue weighted by atomic mass is 9.94. The molecule has 1 aliphatic rings. The van der Waals surface area contributed by atoms with Gasteiger partial charge in [0.1, 0.15) is 5.69 Å². The number of carbonyl (C=O) groups is 1. The van der Waals surface area contributed by atoms with Gasteiger partial charge < -0.3 is 5.32 Å². The van der Waals surface area contributed by atoms with Gasteiger partial charge in [-0.15, -0.1) is 0 Å². The van der Waals surface area contributed by atoms with Crippen molar-refractivity contribution in [3.63, 3.8) is 0 Å². The molecule has 1 fully saturated rings. The number of piperidine rings is 1. The summed E-state index contributed by atoms with van der Waals surface area (Å²) >= 11 is 0. The lowest BCUT2D eigenvalue weighted by Gasteiger charge is -2.34. The Morgan fingerprint density at radius 3 is 2.29 bits per heavy atom. The second kappa shape index (κ2) is 9.23. The van der Waals surface area contributed by atoms with Crippen molar-refractivity contribution in [2.24, 2.45) is 18.9 Å². The third kappa shape index (κ3) is 4.45. The monoisotopic (exact) mass is 482 g/mol. The van der Waals surface area contributed by atoms with Crippen molar-refractivity contribution < 1.29 is 13.2 Å². The van der Waals surface area contributed by atoms with Gasteiger partial charge in [-0.3, -0.25) is 14.3 Å². The summed E-state index contributed by atoms with van der Waals surface area (Å²) in [4.78, 5) is 26.2.